The van der Waals surface area contributed by atoms with Gasteiger partial charge < -0.3 is 25.6 Å². The summed E-state index contributed by atoms with van der Waals surface area (Å²) in [6.45, 7) is 6.28. The minimum atomic E-state index is -0.897. The van der Waals surface area contributed by atoms with Crippen molar-refractivity contribution in [3.8, 4) is 0 Å². The molecule has 1 fully saturated rings. The molecule has 3 aromatic rings. The molecule has 0 aliphatic carbocycles. The number of carbonyl (C=O) groups excluding carboxylic acids is 4. The molecule has 2 aromatic carbocycles. The van der Waals surface area contributed by atoms with Gasteiger partial charge in [0.2, 0.25) is 23.6 Å². The van der Waals surface area contributed by atoms with E-state index in [9.17, 15) is 19.2 Å². The fourth-order valence-corrected chi connectivity index (χ4v) is 9.17. The van der Waals surface area contributed by atoms with Gasteiger partial charge in [0, 0.05) is 24.1 Å². The number of aliphatic imine (C=N–C) groups is 2. The lowest BCUT2D eigenvalue weighted by molar-refractivity contribution is -0.133. The van der Waals surface area contributed by atoms with Crippen LogP contribution in [0, 0.1) is 5.92 Å². The van der Waals surface area contributed by atoms with E-state index in [0.29, 0.717) is 41.1 Å². The number of benzene rings is 2. The standard InChI is InChI=1S/C38H43N7O5S2/c1-21(2)30-37-42-28(20-52-37)32(46)39-25(17-23-11-6-4-7-12-23)36-41-27(19-51-36)33(47)40-26(18-24-13-8-5-9-14-24)38(49)45-16-10-15-29(45)35-44-31(22(3)50-35)34(48)43-30/h4-9,11-14,19,21-22,25-26,28-31H,10,15-18,20H2,1-3H3,(H,39,46)(H,40,47)(H,43,48)/t22-,25-,26-,28+,29+,30+,31+/m1/s1. The largest absolute Gasteiger partial charge is 0.474 e. The van der Waals surface area contributed by atoms with Crippen LogP contribution < -0.4 is 16.0 Å². The van der Waals surface area contributed by atoms with Gasteiger partial charge in [-0.05, 0) is 43.2 Å². The highest BCUT2D eigenvalue weighted by Crippen LogP contribution is 2.29. The summed E-state index contributed by atoms with van der Waals surface area (Å²) in [7, 11) is 0. The van der Waals surface area contributed by atoms with Crippen molar-refractivity contribution in [1.29, 1.82) is 0 Å². The van der Waals surface area contributed by atoms with Crippen LogP contribution in [0.3, 0.4) is 0 Å². The molecule has 1 saturated heterocycles. The minimum Gasteiger partial charge on any atom is -0.474 e. The van der Waals surface area contributed by atoms with Crippen LogP contribution >= 0.6 is 23.1 Å². The number of hydrogen-bond acceptors (Lipinski definition) is 10. The third-order valence-electron chi connectivity index (χ3n) is 9.85. The fourth-order valence-electron chi connectivity index (χ4n) is 7.05. The number of aromatic nitrogens is 1. The first-order chi connectivity index (χ1) is 25.1. The number of amides is 4. The molecule has 0 saturated carbocycles. The molecule has 272 valence electrons. The third-order valence-corrected chi connectivity index (χ3v) is 11.9. The van der Waals surface area contributed by atoms with Crippen LogP contribution in [-0.2, 0) is 32.0 Å². The summed E-state index contributed by atoms with van der Waals surface area (Å²) in [5.41, 5.74) is 2.06. The van der Waals surface area contributed by atoms with Gasteiger partial charge in [-0.15, -0.1) is 23.1 Å². The minimum absolute atomic E-state index is 0.00574. The maximum atomic E-state index is 14.4. The van der Waals surface area contributed by atoms with E-state index in [2.05, 4.69) is 16.0 Å². The highest BCUT2D eigenvalue weighted by atomic mass is 32.2. The summed E-state index contributed by atoms with van der Waals surface area (Å²) in [5.74, 6) is -0.510. The van der Waals surface area contributed by atoms with E-state index >= 15 is 0 Å². The smallest absolute Gasteiger partial charge is 0.271 e. The van der Waals surface area contributed by atoms with E-state index in [1.54, 1.807) is 17.2 Å². The quantitative estimate of drug-likeness (QED) is 0.360. The normalized spacial score (nSPS) is 28.2. The number of thioether (sulfide) groups is 1. The van der Waals surface area contributed by atoms with E-state index in [4.69, 9.17) is 19.7 Å². The monoisotopic (exact) mass is 741 g/mol. The van der Waals surface area contributed by atoms with Gasteiger partial charge in [0.25, 0.3) is 5.91 Å². The second-order valence-corrected chi connectivity index (χ2v) is 15.9. The van der Waals surface area contributed by atoms with Crippen molar-refractivity contribution in [3.05, 3.63) is 87.9 Å². The zero-order valence-electron chi connectivity index (χ0n) is 29.4. The summed E-state index contributed by atoms with van der Waals surface area (Å²) in [4.78, 5) is 71.9. The van der Waals surface area contributed by atoms with Crippen molar-refractivity contribution in [2.75, 3.05) is 12.3 Å². The first-order valence-corrected chi connectivity index (χ1v) is 19.7. The predicted molar refractivity (Wildman–Crippen MR) is 201 cm³/mol. The molecule has 52 heavy (non-hydrogen) atoms. The topological polar surface area (TPSA) is 154 Å². The Hall–Kier alpha value is -4.56. The maximum Gasteiger partial charge on any atom is 0.271 e. The van der Waals surface area contributed by atoms with Gasteiger partial charge in [-0.2, -0.15) is 0 Å². The maximum absolute atomic E-state index is 14.4. The number of carbonyl (C=O) groups is 4. The number of fused-ring (bicyclic) bond motifs is 6. The first-order valence-electron chi connectivity index (χ1n) is 17.8. The Labute approximate surface area is 311 Å². The number of thiazole rings is 1. The van der Waals surface area contributed by atoms with Gasteiger partial charge in [-0.25, -0.2) is 9.98 Å². The predicted octanol–water partition coefficient (Wildman–Crippen LogP) is 3.73. The van der Waals surface area contributed by atoms with Gasteiger partial charge in [0.1, 0.15) is 34.9 Å². The summed E-state index contributed by atoms with van der Waals surface area (Å²) < 4.78 is 6.20. The number of hydrogen-bond donors (Lipinski definition) is 3. The molecule has 0 unspecified atom stereocenters. The van der Waals surface area contributed by atoms with Crippen molar-refractivity contribution in [1.82, 2.24) is 25.8 Å². The number of ether oxygens (including phenoxy) is 1. The molecule has 4 aliphatic rings. The molecule has 6 bridgehead atoms. The Morgan fingerprint density at radius 1 is 0.885 bits per heavy atom. The zero-order valence-corrected chi connectivity index (χ0v) is 31.0. The Balaban J connectivity index is 1.26. The van der Waals surface area contributed by atoms with Crippen molar-refractivity contribution in [2.45, 2.75) is 88.8 Å². The van der Waals surface area contributed by atoms with Crippen LogP contribution in [-0.4, -0.2) is 93.1 Å². The Morgan fingerprint density at radius 3 is 2.27 bits per heavy atom. The molecule has 0 spiro atoms. The average molecular weight is 742 g/mol. The number of nitrogens with zero attached hydrogens (tertiary/aromatic N) is 4. The van der Waals surface area contributed by atoms with E-state index in [1.807, 2.05) is 74.5 Å². The van der Waals surface area contributed by atoms with Crippen LogP contribution in [0.1, 0.15) is 66.3 Å². The lowest BCUT2D eigenvalue weighted by Crippen LogP contribution is -2.52. The van der Waals surface area contributed by atoms with Gasteiger partial charge in [-0.3, -0.25) is 24.2 Å². The molecular weight excluding hydrogens is 699 g/mol. The number of rotatable bonds is 5. The average Bonchev–Trinajstić information content (AvgIpc) is 3.97. The fraction of sp³-hybridized carbons (Fsp3) is 0.447. The molecule has 7 rings (SSSR count). The van der Waals surface area contributed by atoms with Gasteiger partial charge >= 0.3 is 0 Å². The van der Waals surface area contributed by atoms with Crippen LogP contribution in [0.5, 0.6) is 0 Å². The molecule has 7 atom stereocenters. The Kier molecular flexibility index (Phi) is 10.7. The zero-order chi connectivity index (χ0) is 36.4. The summed E-state index contributed by atoms with van der Waals surface area (Å²) >= 11 is 2.75. The number of nitrogens with one attached hydrogen (secondary N) is 3. The highest BCUT2D eigenvalue weighted by Gasteiger charge is 2.44. The molecular formula is C38H43N7O5S2. The first kappa shape index (κ1) is 35.8. The second kappa shape index (κ2) is 15.6. The SMILES string of the molecule is CC(C)[C@@H]1NC(=O)[C@H]2N=C(O[C@@H]2C)[C@@H]2CCCN2C(=O)[C@@H](Cc2ccccc2)NC(=O)c2csc(n2)[C@@H](Cc2ccccc2)NC(=O)[C@@H]2CSC1=N2. The summed E-state index contributed by atoms with van der Waals surface area (Å²) in [6.07, 6.45) is 1.53. The molecule has 0 radical (unpaired) electrons. The third kappa shape index (κ3) is 7.77. The molecule has 3 N–H and O–H groups in total. The van der Waals surface area contributed by atoms with E-state index < -0.39 is 48.3 Å². The van der Waals surface area contributed by atoms with Crippen LogP contribution in [0.2, 0.25) is 0 Å². The van der Waals surface area contributed by atoms with Crippen molar-refractivity contribution < 1.29 is 23.9 Å². The van der Waals surface area contributed by atoms with Crippen LogP contribution in [0.4, 0.5) is 0 Å². The molecule has 14 heteroatoms. The van der Waals surface area contributed by atoms with E-state index in [-0.39, 0.29) is 35.8 Å². The Morgan fingerprint density at radius 2 is 1.58 bits per heavy atom. The molecule has 12 nitrogen and oxygen atoms in total. The van der Waals surface area contributed by atoms with Crippen molar-refractivity contribution in [3.63, 3.8) is 0 Å². The summed E-state index contributed by atoms with van der Waals surface area (Å²) in [5, 5.41) is 12.2. The second-order valence-electron chi connectivity index (χ2n) is 14.0. The van der Waals surface area contributed by atoms with Gasteiger partial charge in [0.15, 0.2) is 6.04 Å². The highest BCUT2D eigenvalue weighted by molar-refractivity contribution is 8.14. The van der Waals surface area contributed by atoms with Crippen molar-refractivity contribution >= 4 is 57.7 Å². The van der Waals surface area contributed by atoms with Crippen LogP contribution in [0.25, 0.3) is 0 Å². The van der Waals surface area contributed by atoms with Crippen molar-refractivity contribution in [2.24, 2.45) is 15.9 Å². The molecule has 1 aromatic heterocycles. The van der Waals surface area contributed by atoms with Gasteiger partial charge in [-0.1, -0.05) is 74.5 Å². The summed E-state index contributed by atoms with van der Waals surface area (Å²) in [6, 6.07) is 15.6. The van der Waals surface area contributed by atoms with E-state index in [1.165, 1.54) is 23.1 Å². The lowest BCUT2D eigenvalue weighted by atomic mass is 10.0. The lowest BCUT2D eigenvalue weighted by Gasteiger charge is -2.29. The van der Waals surface area contributed by atoms with Crippen LogP contribution in [0.15, 0.2) is 76.0 Å². The molecule has 5 heterocycles. The Bertz CT molecular complexity index is 1870. The molecule has 4 amide bonds. The van der Waals surface area contributed by atoms with E-state index in [0.717, 1.165) is 17.5 Å². The molecule has 4 aliphatic heterocycles. The van der Waals surface area contributed by atoms with Gasteiger partial charge in [0.05, 0.1) is 17.1 Å².